The van der Waals surface area contributed by atoms with Crippen molar-refractivity contribution in [2.75, 3.05) is 19.8 Å². The summed E-state index contributed by atoms with van der Waals surface area (Å²) in [5.41, 5.74) is 0.910. The van der Waals surface area contributed by atoms with Crippen LogP contribution < -0.4 is 5.32 Å². The van der Waals surface area contributed by atoms with Gasteiger partial charge < -0.3 is 15.2 Å². The first kappa shape index (κ1) is 13.7. The van der Waals surface area contributed by atoms with Crippen molar-refractivity contribution in [3.8, 4) is 0 Å². The number of hydrogen-bond donors (Lipinski definition) is 2. The zero-order chi connectivity index (χ0) is 12.3. The topological polar surface area (TPSA) is 72.2 Å². The second-order valence-corrected chi connectivity index (χ2v) is 3.62. The maximum Gasteiger partial charge on any atom is 0.0964 e. The van der Waals surface area contributed by atoms with Gasteiger partial charge in [0.05, 0.1) is 18.6 Å². The van der Waals surface area contributed by atoms with Crippen LogP contribution in [0.2, 0.25) is 0 Å². The number of aryl methyl sites for hydroxylation is 1. The summed E-state index contributed by atoms with van der Waals surface area (Å²) in [6.07, 6.45) is 4.98. The first-order chi connectivity index (χ1) is 8.36. The summed E-state index contributed by atoms with van der Waals surface area (Å²) >= 11 is 0. The second-order valence-electron chi connectivity index (χ2n) is 3.62. The van der Waals surface area contributed by atoms with Crippen molar-refractivity contribution in [3.63, 3.8) is 0 Å². The Kier molecular flexibility index (Phi) is 7.01. The number of aromatic nitrogens is 3. The lowest BCUT2D eigenvalue weighted by Gasteiger charge is -2.01. The maximum absolute atomic E-state index is 8.69. The van der Waals surface area contributed by atoms with Crippen molar-refractivity contribution < 1.29 is 9.84 Å². The van der Waals surface area contributed by atoms with Crippen molar-refractivity contribution in [1.29, 1.82) is 0 Å². The van der Waals surface area contributed by atoms with Gasteiger partial charge in [-0.3, -0.25) is 4.68 Å². The summed E-state index contributed by atoms with van der Waals surface area (Å²) in [5.74, 6) is 0. The van der Waals surface area contributed by atoms with Crippen LogP contribution in [0.4, 0.5) is 0 Å². The van der Waals surface area contributed by atoms with Crippen LogP contribution in [0.15, 0.2) is 19.0 Å². The molecular formula is C11H20N4O2. The van der Waals surface area contributed by atoms with Crippen molar-refractivity contribution in [2.45, 2.75) is 25.9 Å². The molecule has 0 fully saturated rings. The summed E-state index contributed by atoms with van der Waals surface area (Å²) in [5, 5.41) is 19.9. The number of nitrogens with zero attached hydrogens (tertiary/aromatic N) is 3. The largest absolute Gasteiger partial charge is 0.502 e. The van der Waals surface area contributed by atoms with Crippen LogP contribution in [0.3, 0.4) is 0 Å². The molecule has 0 saturated heterocycles. The molecule has 1 aromatic rings. The smallest absolute Gasteiger partial charge is 0.0964 e. The van der Waals surface area contributed by atoms with Crippen LogP contribution >= 0.6 is 0 Å². The van der Waals surface area contributed by atoms with Gasteiger partial charge in [0.25, 0.3) is 0 Å². The van der Waals surface area contributed by atoms with Gasteiger partial charge >= 0.3 is 0 Å². The minimum atomic E-state index is 0.177. The van der Waals surface area contributed by atoms with Crippen LogP contribution in [0.1, 0.15) is 18.5 Å². The molecule has 2 N–H and O–H groups in total. The normalized spacial score (nSPS) is 10.4. The Hall–Kier alpha value is -1.40. The van der Waals surface area contributed by atoms with Gasteiger partial charge in [-0.1, -0.05) is 11.8 Å². The third-order valence-electron chi connectivity index (χ3n) is 2.17. The molecule has 0 saturated carbocycles. The molecule has 0 unspecified atom stereocenters. The number of aliphatic hydroxyl groups excluding tert-OH is 1. The zero-order valence-corrected chi connectivity index (χ0v) is 10.0. The number of rotatable bonds is 10. The molecule has 17 heavy (non-hydrogen) atoms. The Morgan fingerprint density at radius 3 is 3.18 bits per heavy atom. The lowest BCUT2D eigenvalue weighted by atomic mass is 10.4. The van der Waals surface area contributed by atoms with Crippen LogP contribution in [-0.2, 0) is 17.8 Å². The highest BCUT2D eigenvalue weighted by Crippen LogP contribution is 1.94. The molecule has 0 radical (unpaired) electrons. The van der Waals surface area contributed by atoms with Gasteiger partial charge in [-0.05, 0) is 19.4 Å². The van der Waals surface area contributed by atoms with E-state index in [1.54, 1.807) is 4.68 Å². The number of hydrogen-bond acceptors (Lipinski definition) is 5. The number of nitrogens with one attached hydrogen (secondary N) is 1. The van der Waals surface area contributed by atoms with Crippen LogP contribution in [-0.4, -0.2) is 39.9 Å². The van der Waals surface area contributed by atoms with Crippen LogP contribution in [0.5, 0.6) is 0 Å². The zero-order valence-electron chi connectivity index (χ0n) is 10.0. The van der Waals surface area contributed by atoms with E-state index in [0.717, 1.165) is 18.7 Å². The highest BCUT2D eigenvalue weighted by Gasteiger charge is 1.99. The van der Waals surface area contributed by atoms with Gasteiger partial charge in [0.1, 0.15) is 0 Å². The van der Waals surface area contributed by atoms with Crippen LogP contribution in [0.25, 0.3) is 0 Å². The Morgan fingerprint density at radius 2 is 2.41 bits per heavy atom. The van der Waals surface area contributed by atoms with E-state index in [2.05, 4.69) is 22.2 Å². The molecule has 1 heterocycles. The van der Waals surface area contributed by atoms with Crippen LogP contribution in [0, 0.1) is 0 Å². The predicted molar refractivity (Wildman–Crippen MR) is 64.2 cm³/mol. The van der Waals surface area contributed by atoms with E-state index >= 15 is 0 Å². The molecular weight excluding hydrogens is 220 g/mol. The molecule has 6 nitrogen and oxygen atoms in total. The third kappa shape index (κ3) is 6.03. The molecule has 0 aliphatic carbocycles. The Bertz CT molecular complexity index is 314. The highest BCUT2D eigenvalue weighted by molar-refractivity contribution is 4.91. The van der Waals surface area contributed by atoms with Gasteiger partial charge in [-0.2, -0.15) is 0 Å². The molecule has 0 spiro atoms. The average molecular weight is 240 g/mol. The lowest BCUT2D eigenvalue weighted by Crippen LogP contribution is -2.16. The Labute approximate surface area is 101 Å². The Morgan fingerprint density at radius 1 is 1.53 bits per heavy atom. The van der Waals surface area contributed by atoms with Gasteiger partial charge in [-0.25, -0.2) is 0 Å². The van der Waals surface area contributed by atoms with E-state index in [9.17, 15) is 0 Å². The summed E-state index contributed by atoms with van der Waals surface area (Å²) in [7, 11) is 0. The number of aliphatic hydroxyl groups is 1. The summed E-state index contributed by atoms with van der Waals surface area (Å²) < 4.78 is 6.75. The van der Waals surface area contributed by atoms with Crippen molar-refractivity contribution in [1.82, 2.24) is 20.3 Å². The molecule has 1 rings (SSSR count). The molecule has 0 amide bonds. The molecule has 0 aliphatic heterocycles. The van der Waals surface area contributed by atoms with Gasteiger partial charge in [0, 0.05) is 25.9 Å². The van der Waals surface area contributed by atoms with E-state index < -0.39 is 0 Å². The number of ether oxygens (including phenoxy) is 1. The Balaban J connectivity index is 2.10. The summed E-state index contributed by atoms with van der Waals surface area (Å²) in [6, 6.07) is 0. The fraction of sp³-hybridized carbons (Fsp3) is 0.636. The molecule has 0 bridgehead atoms. The first-order valence-electron chi connectivity index (χ1n) is 5.80. The second kappa shape index (κ2) is 8.72. The highest BCUT2D eigenvalue weighted by atomic mass is 16.5. The fourth-order valence-corrected chi connectivity index (χ4v) is 1.34. The predicted octanol–water partition coefficient (Wildman–Crippen LogP) is 0.300. The first-order valence-corrected chi connectivity index (χ1v) is 5.80. The summed E-state index contributed by atoms with van der Waals surface area (Å²) in [6.45, 7) is 6.61. The SMILES string of the molecule is C=COCCCNCc1cn(CCCO)nn1. The van der Waals surface area contributed by atoms with E-state index in [-0.39, 0.29) is 6.61 Å². The average Bonchev–Trinajstić information content (AvgIpc) is 2.79. The summed E-state index contributed by atoms with van der Waals surface area (Å²) in [4.78, 5) is 0. The lowest BCUT2D eigenvalue weighted by molar-refractivity contribution is 0.244. The van der Waals surface area contributed by atoms with E-state index in [4.69, 9.17) is 9.84 Å². The molecule has 0 atom stereocenters. The molecule has 6 heteroatoms. The van der Waals surface area contributed by atoms with Crippen molar-refractivity contribution in [3.05, 3.63) is 24.7 Å². The van der Waals surface area contributed by atoms with Crippen molar-refractivity contribution in [2.24, 2.45) is 0 Å². The quantitative estimate of drug-likeness (QED) is 0.454. The minimum Gasteiger partial charge on any atom is -0.502 e. The molecule has 0 aromatic carbocycles. The van der Waals surface area contributed by atoms with Gasteiger partial charge in [0.15, 0.2) is 0 Å². The monoisotopic (exact) mass is 240 g/mol. The maximum atomic E-state index is 8.69. The molecule has 1 aromatic heterocycles. The standard InChI is InChI=1S/C11H20N4O2/c1-2-17-8-3-5-12-9-11-10-15(14-13-11)6-4-7-16/h2,10,12,16H,1,3-9H2. The van der Waals surface area contributed by atoms with E-state index in [1.807, 2.05) is 6.20 Å². The van der Waals surface area contributed by atoms with E-state index in [0.29, 0.717) is 26.1 Å². The third-order valence-corrected chi connectivity index (χ3v) is 2.17. The van der Waals surface area contributed by atoms with Gasteiger partial charge in [0.2, 0.25) is 0 Å². The van der Waals surface area contributed by atoms with Gasteiger partial charge in [-0.15, -0.1) is 5.10 Å². The van der Waals surface area contributed by atoms with Crippen molar-refractivity contribution >= 4 is 0 Å². The van der Waals surface area contributed by atoms with E-state index in [1.165, 1.54) is 6.26 Å². The molecule has 0 aliphatic rings. The minimum absolute atomic E-state index is 0.177. The fourth-order valence-electron chi connectivity index (χ4n) is 1.34. The molecule has 96 valence electrons.